The standard InChI is InChI=1S/C10H22N2O3S/c1-8-4-9(2)6-12(5-8)16(14,15)11-10(3)7-13/h8-11,13H,4-7H2,1-3H3/t8?,9?,10-/m1/s1. The molecule has 1 aliphatic rings. The molecule has 5 nitrogen and oxygen atoms in total. The SMILES string of the molecule is CC1CC(C)CN(S(=O)(=O)N[C@H](C)CO)C1. The van der Waals surface area contributed by atoms with Gasteiger partial charge in [0.15, 0.2) is 0 Å². The lowest BCUT2D eigenvalue weighted by atomic mass is 9.94. The highest BCUT2D eigenvalue weighted by Crippen LogP contribution is 2.22. The third-order valence-electron chi connectivity index (χ3n) is 2.80. The second-order valence-electron chi connectivity index (χ2n) is 4.97. The van der Waals surface area contributed by atoms with Gasteiger partial charge in [-0.3, -0.25) is 0 Å². The Balaban J connectivity index is 2.67. The van der Waals surface area contributed by atoms with Crippen LogP contribution in [0.3, 0.4) is 0 Å². The predicted octanol–water partition coefficient (Wildman–Crippen LogP) is 0.179. The van der Waals surface area contributed by atoms with Crippen LogP contribution >= 0.6 is 0 Å². The largest absolute Gasteiger partial charge is 0.395 e. The van der Waals surface area contributed by atoms with E-state index < -0.39 is 16.3 Å². The highest BCUT2D eigenvalue weighted by atomic mass is 32.2. The summed E-state index contributed by atoms with van der Waals surface area (Å²) in [5.41, 5.74) is 0. The maximum Gasteiger partial charge on any atom is 0.279 e. The lowest BCUT2D eigenvalue weighted by molar-refractivity contribution is 0.215. The Morgan fingerprint density at radius 2 is 1.88 bits per heavy atom. The number of nitrogens with zero attached hydrogens (tertiary/aromatic N) is 1. The summed E-state index contributed by atoms with van der Waals surface area (Å²) in [7, 11) is -3.44. The first-order valence-electron chi connectivity index (χ1n) is 5.73. The number of hydrogen-bond donors (Lipinski definition) is 2. The molecule has 6 heteroatoms. The van der Waals surface area contributed by atoms with Crippen LogP contribution in [0, 0.1) is 11.8 Å². The molecule has 0 amide bonds. The van der Waals surface area contributed by atoms with E-state index >= 15 is 0 Å². The second-order valence-corrected chi connectivity index (χ2v) is 6.67. The predicted molar refractivity (Wildman–Crippen MR) is 63.1 cm³/mol. The molecular weight excluding hydrogens is 228 g/mol. The third kappa shape index (κ3) is 3.69. The Kier molecular flexibility index (Phi) is 4.73. The maximum atomic E-state index is 11.9. The zero-order chi connectivity index (χ0) is 12.3. The number of piperidine rings is 1. The first kappa shape index (κ1) is 13.9. The van der Waals surface area contributed by atoms with Crippen LogP contribution < -0.4 is 4.72 Å². The Labute approximate surface area is 98.0 Å². The van der Waals surface area contributed by atoms with Crippen LogP contribution in [0.1, 0.15) is 27.2 Å². The van der Waals surface area contributed by atoms with E-state index in [4.69, 9.17) is 5.11 Å². The zero-order valence-electron chi connectivity index (χ0n) is 10.2. The van der Waals surface area contributed by atoms with Crippen LogP contribution in [0.2, 0.25) is 0 Å². The Hall–Kier alpha value is -0.170. The number of aliphatic hydroxyl groups is 1. The van der Waals surface area contributed by atoms with Crippen LogP contribution in [-0.4, -0.2) is 43.6 Å². The van der Waals surface area contributed by atoms with Gasteiger partial charge in [0.05, 0.1) is 6.61 Å². The molecule has 0 aromatic heterocycles. The van der Waals surface area contributed by atoms with E-state index in [0.29, 0.717) is 24.9 Å². The van der Waals surface area contributed by atoms with Crippen molar-refractivity contribution in [3.8, 4) is 0 Å². The van der Waals surface area contributed by atoms with E-state index in [1.807, 2.05) is 0 Å². The summed E-state index contributed by atoms with van der Waals surface area (Å²) in [6.45, 7) is 6.73. The fourth-order valence-electron chi connectivity index (χ4n) is 2.17. The first-order valence-corrected chi connectivity index (χ1v) is 7.17. The topological polar surface area (TPSA) is 69.6 Å². The van der Waals surface area contributed by atoms with Crippen molar-refractivity contribution >= 4 is 10.2 Å². The lowest BCUT2D eigenvalue weighted by Gasteiger charge is -2.34. The van der Waals surface area contributed by atoms with Gasteiger partial charge in [0.1, 0.15) is 0 Å². The van der Waals surface area contributed by atoms with Gasteiger partial charge in [-0.25, -0.2) is 0 Å². The van der Waals surface area contributed by atoms with E-state index in [-0.39, 0.29) is 6.61 Å². The van der Waals surface area contributed by atoms with Crippen LogP contribution in [0.4, 0.5) is 0 Å². The Morgan fingerprint density at radius 3 is 2.31 bits per heavy atom. The van der Waals surface area contributed by atoms with Gasteiger partial charge in [-0.2, -0.15) is 17.4 Å². The second kappa shape index (κ2) is 5.44. The quantitative estimate of drug-likeness (QED) is 0.748. The summed E-state index contributed by atoms with van der Waals surface area (Å²) in [5.74, 6) is 0.787. The molecule has 2 N–H and O–H groups in total. The van der Waals surface area contributed by atoms with E-state index in [1.54, 1.807) is 6.92 Å². The smallest absolute Gasteiger partial charge is 0.279 e. The van der Waals surface area contributed by atoms with Gasteiger partial charge in [0.25, 0.3) is 10.2 Å². The van der Waals surface area contributed by atoms with E-state index in [2.05, 4.69) is 18.6 Å². The lowest BCUT2D eigenvalue weighted by Crippen LogP contribution is -2.50. The molecule has 96 valence electrons. The van der Waals surface area contributed by atoms with Crippen molar-refractivity contribution in [3.63, 3.8) is 0 Å². The molecule has 1 heterocycles. The maximum absolute atomic E-state index is 11.9. The molecule has 2 unspecified atom stereocenters. The normalized spacial score (nSPS) is 30.2. The van der Waals surface area contributed by atoms with Gasteiger partial charge in [0.2, 0.25) is 0 Å². The van der Waals surface area contributed by atoms with Crippen LogP contribution in [-0.2, 0) is 10.2 Å². The van der Waals surface area contributed by atoms with Gasteiger partial charge in [-0.15, -0.1) is 0 Å². The van der Waals surface area contributed by atoms with Crippen molar-refractivity contribution in [1.29, 1.82) is 0 Å². The van der Waals surface area contributed by atoms with Crippen LogP contribution in [0.5, 0.6) is 0 Å². The Bertz CT molecular complexity index is 308. The minimum absolute atomic E-state index is 0.182. The summed E-state index contributed by atoms with van der Waals surface area (Å²) in [4.78, 5) is 0. The van der Waals surface area contributed by atoms with Crippen molar-refractivity contribution in [1.82, 2.24) is 9.03 Å². The van der Waals surface area contributed by atoms with Gasteiger partial charge in [0, 0.05) is 19.1 Å². The average molecular weight is 250 g/mol. The molecule has 3 atom stereocenters. The summed E-state index contributed by atoms with van der Waals surface area (Å²) >= 11 is 0. The molecule has 1 rings (SSSR count). The van der Waals surface area contributed by atoms with Gasteiger partial charge in [-0.1, -0.05) is 13.8 Å². The molecule has 0 aliphatic carbocycles. The van der Waals surface area contributed by atoms with E-state index in [9.17, 15) is 8.42 Å². The minimum atomic E-state index is -3.44. The van der Waals surface area contributed by atoms with Crippen molar-refractivity contribution in [3.05, 3.63) is 0 Å². The van der Waals surface area contributed by atoms with E-state index in [0.717, 1.165) is 6.42 Å². The average Bonchev–Trinajstić information content (AvgIpc) is 2.15. The molecule has 0 aromatic rings. The number of aliphatic hydroxyl groups excluding tert-OH is 1. The summed E-state index contributed by atoms with van der Waals surface area (Å²) in [5, 5.41) is 8.85. The Morgan fingerprint density at radius 1 is 1.38 bits per heavy atom. The van der Waals surface area contributed by atoms with Gasteiger partial charge in [-0.05, 0) is 25.2 Å². The summed E-state index contributed by atoms with van der Waals surface area (Å²) < 4.78 is 27.8. The minimum Gasteiger partial charge on any atom is -0.395 e. The van der Waals surface area contributed by atoms with Crippen LogP contribution in [0.25, 0.3) is 0 Å². The summed E-state index contributed by atoms with van der Waals surface area (Å²) in [6.07, 6.45) is 1.07. The van der Waals surface area contributed by atoms with E-state index in [1.165, 1.54) is 4.31 Å². The molecule has 1 fully saturated rings. The van der Waals surface area contributed by atoms with Crippen LogP contribution in [0.15, 0.2) is 0 Å². The highest BCUT2D eigenvalue weighted by molar-refractivity contribution is 7.87. The molecule has 0 radical (unpaired) electrons. The van der Waals surface area contributed by atoms with Crippen molar-refractivity contribution in [2.24, 2.45) is 11.8 Å². The number of rotatable bonds is 4. The molecule has 0 bridgehead atoms. The third-order valence-corrected chi connectivity index (χ3v) is 4.48. The summed E-state index contributed by atoms with van der Waals surface area (Å²) in [6, 6.07) is -0.433. The molecular formula is C10H22N2O3S. The van der Waals surface area contributed by atoms with Crippen molar-refractivity contribution < 1.29 is 13.5 Å². The molecule has 0 aromatic carbocycles. The first-order chi connectivity index (χ1) is 7.35. The van der Waals surface area contributed by atoms with Crippen molar-refractivity contribution in [2.75, 3.05) is 19.7 Å². The highest BCUT2D eigenvalue weighted by Gasteiger charge is 2.30. The zero-order valence-corrected chi connectivity index (χ0v) is 11.0. The molecule has 1 saturated heterocycles. The molecule has 1 aliphatic heterocycles. The number of nitrogens with one attached hydrogen (secondary N) is 1. The molecule has 0 saturated carbocycles. The molecule has 16 heavy (non-hydrogen) atoms. The fraction of sp³-hybridized carbons (Fsp3) is 1.00. The van der Waals surface area contributed by atoms with Gasteiger partial charge < -0.3 is 5.11 Å². The number of hydrogen-bond acceptors (Lipinski definition) is 3. The van der Waals surface area contributed by atoms with Gasteiger partial charge >= 0.3 is 0 Å². The van der Waals surface area contributed by atoms with Crippen molar-refractivity contribution in [2.45, 2.75) is 33.2 Å². The molecule has 0 spiro atoms. The fourth-order valence-corrected chi connectivity index (χ4v) is 3.80. The monoisotopic (exact) mass is 250 g/mol.